The summed E-state index contributed by atoms with van der Waals surface area (Å²) >= 11 is 0. The minimum absolute atomic E-state index is 0.332. The first-order chi connectivity index (χ1) is 8.26. The van der Waals surface area contributed by atoms with Gasteiger partial charge in [-0.25, -0.2) is 5.84 Å². The second-order valence-electron chi connectivity index (χ2n) is 3.45. The molecule has 0 spiro atoms. The van der Waals surface area contributed by atoms with Gasteiger partial charge >= 0.3 is 0 Å². The zero-order valence-electron chi connectivity index (χ0n) is 9.38. The number of ether oxygens (including phenoxy) is 1. The molecule has 0 saturated heterocycles. The predicted molar refractivity (Wildman–Crippen MR) is 64.0 cm³/mol. The van der Waals surface area contributed by atoms with E-state index in [0.29, 0.717) is 11.3 Å². The Morgan fingerprint density at radius 3 is 2.65 bits per heavy atom. The highest BCUT2D eigenvalue weighted by atomic mass is 16.5. The molecule has 2 aromatic rings. The molecule has 17 heavy (non-hydrogen) atoms. The van der Waals surface area contributed by atoms with Crippen molar-refractivity contribution in [1.82, 2.24) is 9.99 Å². The number of aromatic nitrogens is 1. The fourth-order valence-electron chi connectivity index (χ4n) is 1.61. The lowest BCUT2D eigenvalue weighted by molar-refractivity contribution is 0.0953. The SMILES string of the molecule is COc1ccc(C(=O)NN)cc1-n1cccc1. The molecule has 0 unspecified atom stereocenters. The number of nitrogens with one attached hydrogen (secondary N) is 1. The number of carbonyl (C=O) groups is 1. The monoisotopic (exact) mass is 231 g/mol. The summed E-state index contributed by atoms with van der Waals surface area (Å²) < 4.78 is 7.12. The fraction of sp³-hybridized carbons (Fsp3) is 0.0833. The van der Waals surface area contributed by atoms with Crippen molar-refractivity contribution in [3.63, 3.8) is 0 Å². The van der Waals surface area contributed by atoms with Gasteiger partial charge in [-0.2, -0.15) is 0 Å². The van der Waals surface area contributed by atoms with E-state index >= 15 is 0 Å². The van der Waals surface area contributed by atoms with E-state index < -0.39 is 0 Å². The summed E-state index contributed by atoms with van der Waals surface area (Å²) in [4.78, 5) is 11.4. The predicted octanol–water partition coefficient (Wildman–Crippen LogP) is 1.09. The minimum atomic E-state index is -0.332. The lowest BCUT2D eigenvalue weighted by Crippen LogP contribution is -2.30. The molecule has 5 nitrogen and oxygen atoms in total. The van der Waals surface area contributed by atoms with Crippen LogP contribution in [-0.4, -0.2) is 17.6 Å². The lowest BCUT2D eigenvalue weighted by Gasteiger charge is -2.11. The number of nitrogens with zero attached hydrogens (tertiary/aromatic N) is 1. The van der Waals surface area contributed by atoms with E-state index in [9.17, 15) is 4.79 Å². The molecule has 88 valence electrons. The van der Waals surface area contributed by atoms with Gasteiger partial charge in [-0.3, -0.25) is 10.2 Å². The first-order valence-corrected chi connectivity index (χ1v) is 5.08. The van der Waals surface area contributed by atoms with Gasteiger partial charge in [0.15, 0.2) is 0 Å². The Bertz CT molecular complexity index is 521. The van der Waals surface area contributed by atoms with Crippen molar-refractivity contribution in [2.45, 2.75) is 0 Å². The van der Waals surface area contributed by atoms with E-state index in [-0.39, 0.29) is 5.91 Å². The van der Waals surface area contributed by atoms with Crippen LogP contribution in [0.4, 0.5) is 0 Å². The van der Waals surface area contributed by atoms with Gasteiger partial charge in [0.05, 0.1) is 12.8 Å². The maximum absolute atomic E-state index is 11.4. The van der Waals surface area contributed by atoms with Gasteiger partial charge in [-0.15, -0.1) is 0 Å². The molecule has 0 aliphatic rings. The quantitative estimate of drug-likeness (QED) is 0.472. The highest BCUT2D eigenvalue weighted by molar-refractivity contribution is 5.94. The molecule has 0 saturated carbocycles. The molecule has 1 heterocycles. The fourth-order valence-corrected chi connectivity index (χ4v) is 1.61. The first-order valence-electron chi connectivity index (χ1n) is 5.08. The molecule has 1 amide bonds. The largest absolute Gasteiger partial charge is 0.495 e. The third kappa shape index (κ3) is 2.14. The molecule has 0 aliphatic carbocycles. The molecule has 0 bridgehead atoms. The highest BCUT2D eigenvalue weighted by Gasteiger charge is 2.09. The summed E-state index contributed by atoms with van der Waals surface area (Å²) in [5, 5.41) is 0. The van der Waals surface area contributed by atoms with Crippen molar-refractivity contribution in [3.8, 4) is 11.4 Å². The summed E-state index contributed by atoms with van der Waals surface area (Å²) in [5.41, 5.74) is 3.38. The number of carbonyl (C=O) groups excluding carboxylic acids is 1. The van der Waals surface area contributed by atoms with E-state index in [1.165, 1.54) is 0 Å². The number of nitrogens with two attached hydrogens (primary N) is 1. The molecule has 5 heteroatoms. The zero-order chi connectivity index (χ0) is 12.3. The Morgan fingerprint density at radius 2 is 2.06 bits per heavy atom. The molecular weight excluding hydrogens is 218 g/mol. The van der Waals surface area contributed by atoms with Gasteiger partial charge in [-0.05, 0) is 30.3 Å². The van der Waals surface area contributed by atoms with Crippen LogP contribution < -0.4 is 16.0 Å². The highest BCUT2D eigenvalue weighted by Crippen LogP contribution is 2.24. The van der Waals surface area contributed by atoms with Crippen LogP contribution in [0.25, 0.3) is 5.69 Å². The van der Waals surface area contributed by atoms with Crippen molar-refractivity contribution in [2.75, 3.05) is 7.11 Å². The summed E-state index contributed by atoms with van der Waals surface area (Å²) in [7, 11) is 1.59. The average Bonchev–Trinajstić information content (AvgIpc) is 2.90. The van der Waals surface area contributed by atoms with Gasteiger partial charge in [0.2, 0.25) is 0 Å². The standard InChI is InChI=1S/C12H13N3O2/c1-17-11-5-4-9(12(16)14-13)8-10(11)15-6-2-3-7-15/h2-8H,13H2,1H3,(H,14,16). The molecule has 3 N–H and O–H groups in total. The number of hydrogen-bond donors (Lipinski definition) is 2. The van der Waals surface area contributed by atoms with Crippen LogP contribution in [0, 0.1) is 0 Å². The van der Waals surface area contributed by atoms with Gasteiger partial charge in [0, 0.05) is 18.0 Å². The Balaban J connectivity index is 2.51. The van der Waals surface area contributed by atoms with Crippen molar-refractivity contribution >= 4 is 5.91 Å². The van der Waals surface area contributed by atoms with Crippen molar-refractivity contribution in [2.24, 2.45) is 5.84 Å². The van der Waals surface area contributed by atoms with Gasteiger partial charge in [0.25, 0.3) is 5.91 Å². The number of rotatable bonds is 3. The number of methoxy groups -OCH3 is 1. The lowest BCUT2D eigenvalue weighted by atomic mass is 10.1. The Kier molecular flexibility index (Phi) is 3.11. The third-order valence-corrected chi connectivity index (χ3v) is 2.45. The molecule has 0 fully saturated rings. The normalized spacial score (nSPS) is 10.0. The van der Waals surface area contributed by atoms with Crippen molar-refractivity contribution < 1.29 is 9.53 Å². The van der Waals surface area contributed by atoms with E-state index in [1.807, 2.05) is 29.1 Å². The molecule has 0 radical (unpaired) electrons. The molecule has 2 rings (SSSR count). The zero-order valence-corrected chi connectivity index (χ0v) is 9.38. The van der Waals surface area contributed by atoms with E-state index in [2.05, 4.69) is 5.43 Å². The maximum atomic E-state index is 11.4. The Labute approximate surface area is 98.8 Å². The van der Waals surface area contributed by atoms with Gasteiger partial charge < -0.3 is 9.30 Å². The van der Waals surface area contributed by atoms with E-state index in [0.717, 1.165) is 5.69 Å². The van der Waals surface area contributed by atoms with Crippen molar-refractivity contribution in [3.05, 3.63) is 48.3 Å². The van der Waals surface area contributed by atoms with Crippen LogP contribution in [0.15, 0.2) is 42.7 Å². The van der Waals surface area contributed by atoms with Crippen LogP contribution >= 0.6 is 0 Å². The number of nitrogen functional groups attached to an aromatic ring is 1. The Morgan fingerprint density at radius 1 is 1.35 bits per heavy atom. The van der Waals surface area contributed by atoms with E-state index in [1.54, 1.807) is 25.3 Å². The maximum Gasteiger partial charge on any atom is 0.265 e. The number of hydrogen-bond acceptors (Lipinski definition) is 3. The average molecular weight is 231 g/mol. The van der Waals surface area contributed by atoms with Crippen LogP contribution in [0.1, 0.15) is 10.4 Å². The smallest absolute Gasteiger partial charge is 0.265 e. The summed E-state index contributed by atoms with van der Waals surface area (Å²) in [6.07, 6.45) is 3.75. The van der Waals surface area contributed by atoms with Crippen LogP contribution in [0.3, 0.4) is 0 Å². The second-order valence-corrected chi connectivity index (χ2v) is 3.45. The first kappa shape index (κ1) is 11.2. The topological polar surface area (TPSA) is 69.3 Å². The second kappa shape index (κ2) is 4.71. The third-order valence-electron chi connectivity index (χ3n) is 2.45. The summed E-state index contributed by atoms with van der Waals surface area (Å²) in [6.45, 7) is 0. The molecule has 0 atom stereocenters. The van der Waals surface area contributed by atoms with Crippen LogP contribution in [-0.2, 0) is 0 Å². The van der Waals surface area contributed by atoms with Crippen molar-refractivity contribution in [1.29, 1.82) is 0 Å². The molecule has 0 aliphatic heterocycles. The molecule has 1 aromatic carbocycles. The van der Waals surface area contributed by atoms with Gasteiger partial charge in [-0.1, -0.05) is 0 Å². The summed E-state index contributed by atoms with van der Waals surface area (Å²) in [5.74, 6) is 5.46. The Hall–Kier alpha value is -2.27. The minimum Gasteiger partial charge on any atom is -0.495 e. The van der Waals surface area contributed by atoms with Crippen LogP contribution in [0.5, 0.6) is 5.75 Å². The van der Waals surface area contributed by atoms with Gasteiger partial charge in [0.1, 0.15) is 5.75 Å². The molecular formula is C12H13N3O2. The van der Waals surface area contributed by atoms with Crippen LogP contribution in [0.2, 0.25) is 0 Å². The number of benzene rings is 1. The van der Waals surface area contributed by atoms with E-state index in [4.69, 9.17) is 10.6 Å². The summed E-state index contributed by atoms with van der Waals surface area (Å²) in [6, 6.07) is 8.92. The number of hydrazine groups is 1. The molecule has 1 aromatic heterocycles. The number of amides is 1.